The third-order valence-corrected chi connectivity index (χ3v) is 3.20. The number of aromatic amines is 2. The molecule has 0 aliphatic carbocycles. The number of fused-ring (bicyclic) bond motifs is 1. The van der Waals surface area contributed by atoms with Gasteiger partial charge in [-0.3, -0.25) is 9.59 Å². The number of carbonyl (C=O) groups is 1. The predicted octanol–water partition coefficient (Wildman–Crippen LogP) is 1.74. The summed E-state index contributed by atoms with van der Waals surface area (Å²) >= 11 is 0. The number of hydrogen-bond acceptors (Lipinski definition) is 3. The zero-order valence-electron chi connectivity index (χ0n) is 11.4. The van der Waals surface area contributed by atoms with Gasteiger partial charge < -0.3 is 15.3 Å². The largest absolute Gasteiger partial charge is 0.342 e. The van der Waals surface area contributed by atoms with Gasteiger partial charge in [-0.15, -0.1) is 0 Å². The minimum Gasteiger partial charge on any atom is -0.342 e. The number of nitrogens with zero attached hydrogens (tertiary/aromatic N) is 1. The first kappa shape index (κ1) is 13.1. The lowest BCUT2D eigenvalue weighted by atomic mass is 10.2. The highest BCUT2D eigenvalue weighted by atomic mass is 16.2. The van der Waals surface area contributed by atoms with Gasteiger partial charge >= 0.3 is 0 Å². The fourth-order valence-electron chi connectivity index (χ4n) is 2.11. The van der Waals surface area contributed by atoms with E-state index in [2.05, 4.69) is 20.3 Å². The van der Waals surface area contributed by atoms with Crippen LogP contribution >= 0.6 is 0 Å². The molecule has 106 valence electrons. The van der Waals surface area contributed by atoms with Crippen molar-refractivity contribution in [2.24, 2.45) is 0 Å². The standard InChI is InChI=1S/C15H14N4O2/c1-9(14-18-11-4-2-3-5-12(11)19-14)17-15(21)10-6-7-16-13(20)8-10/h2-9H,1H3,(H,16,20)(H,17,21)(H,18,19). The number of amides is 1. The van der Waals surface area contributed by atoms with Crippen LogP contribution in [-0.4, -0.2) is 20.9 Å². The van der Waals surface area contributed by atoms with Gasteiger partial charge in [-0.05, 0) is 25.1 Å². The fraction of sp³-hybridized carbons (Fsp3) is 0.133. The zero-order chi connectivity index (χ0) is 14.8. The maximum atomic E-state index is 12.1. The van der Waals surface area contributed by atoms with Gasteiger partial charge in [-0.1, -0.05) is 12.1 Å². The molecule has 1 atom stereocenters. The van der Waals surface area contributed by atoms with E-state index in [1.54, 1.807) is 6.07 Å². The van der Waals surface area contributed by atoms with Gasteiger partial charge in [0, 0.05) is 17.8 Å². The molecule has 0 aliphatic heterocycles. The lowest BCUT2D eigenvalue weighted by molar-refractivity contribution is 0.0938. The third kappa shape index (κ3) is 2.69. The summed E-state index contributed by atoms with van der Waals surface area (Å²) in [5.41, 5.74) is 1.79. The van der Waals surface area contributed by atoms with Gasteiger partial charge in [0.25, 0.3) is 5.91 Å². The van der Waals surface area contributed by atoms with Crippen LogP contribution in [0.25, 0.3) is 11.0 Å². The molecule has 1 aromatic carbocycles. The summed E-state index contributed by atoms with van der Waals surface area (Å²) < 4.78 is 0. The molecule has 6 heteroatoms. The first-order valence-electron chi connectivity index (χ1n) is 6.58. The first-order valence-corrected chi connectivity index (χ1v) is 6.58. The Kier molecular flexibility index (Phi) is 3.27. The highest BCUT2D eigenvalue weighted by Crippen LogP contribution is 2.15. The Morgan fingerprint density at radius 1 is 1.29 bits per heavy atom. The Bertz CT molecular complexity index is 817. The average Bonchev–Trinajstić information content (AvgIpc) is 2.91. The molecule has 21 heavy (non-hydrogen) atoms. The molecule has 0 aliphatic rings. The number of imidazole rings is 1. The van der Waals surface area contributed by atoms with Gasteiger partial charge in [0.15, 0.2) is 0 Å². The summed E-state index contributed by atoms with van der Waals surface area (Å²) in [6.07, 6.45) is 1.45. The SMILES string of the molecule is CC(NC(=O)c1cc[nH]c(=O)c1)c1nc2ccccc2[nH]1. The van der Waals surface area contributed by atoms with Crippen LogP contribution in [0.3, 0.4) is 0 Å². The number of para-hydroxylation sites is 2. The summed E-state index contributed by atoms with van der Waals surface area (Å²) in [4.78, 5) is 33.4. The molecule has 0 bridgehead atoms. The zero-order valence-corrected chi connectivity index (χ0v) is 11.4. The molecule has 2 aromatic heterocycles. The molecule has 3 N–H and O–H groups in total. The van der Waals surface area contributed by atoms with Crippen molar-refractivity contribution in [1.82, 2.24) is 20.3 Å². The highest BCUT2D eigenvalue weighted by Gasteiger charge is 2.14. The molecule has 0 radical (unpaired) electrons. The molecular formula is C15H14N4O2. The lowest BCUT2D eigenvalue weighted by Crippen LogP contribution is -2.28. The van der Waals surface area contributed by atoms with E-state index in [4.69, 9.17) is 0 Å². The van der Waals surface area contributed by atoms with Gasteiger partial charge in [-0.2, -0.15) is 0 Å². The van der Waals surface area contributed by atoms with Crippen LogP contribution in [-0.2, 0) is 0 Å². The number of H-pyrrole nitrogens is 2. The van der Waals surface area contributed by atoms with Crippen molar-refractivity contribution in [2.45, 2.75) is 13.0 Å². The van der Waals surface area contributed by atoms with Crippen LogP contribution < -0.4 is 10.9 Å². The summed E-state index contributed by atoms with van der Waals surface area (Å²) in [5, 5.41) is 2.82. The molecule has 0 saturated carbocycles. The number of aromatic nitrogens is 3. The number of benzene rings is 1. The van der Waals surface area contributed by atoms with Crippen LogP contribution in [0.15, 0.2) is 47.4 Å². The molecule has 1 unspecified atom stereocenters. The van der Waals surface area contributed by atoms with Crippen LogP contribution in [0.2, 0.25) is 0 Å². The molecule has 1 amide bonds. The fourth-order valence-corrected chi connectivity index (χ4v) is 2.11. The number of carbonyl (C=O) groups excluding carboxylic acids is 1. The molecule has 3 rings (SSSR count). The second kappa shape index (κ2) is 5.24. The Morgan fingerprint density at radius 2 is 2.10 bits per heavy atom. The van der Waals surface area contributed by atoms with Gasteiger partial charge in [0.2, 0.25) is 5.56 Å². The van der Waals surface area contributed by atoms with Crippen molar-refractivity contribution in [3.05, 3.63) is 64.3 Å². The summed E-state index contributed by atoms with van der Waals surface area (Å²) in [5.74, 6) is 0.364. The molecule has 0 spiro atoms. The van der Waals surface area contributed by atoms with Gasteiger partial charge in [0.05, 0.1) is 17.1 Å². The highest BCUT2D eigenvalue weighted by molar-refractivity contribution is 5.94. The first-order chi connectivity index (χ1) is 10.1. The minimum absolute atomic E-state index is 0.288. The van der Waals surface area contributed by atoms with E-state index in [1.165, 1.54) is 12.3 Å². The second-order valence-electron chi connectivity index (χ2n) is 4.78. The maximum Gasteiger partial charge on any atom is 0.252 e. The van der Waals surface area contributed by atoms with Gasteiger partial charge in [0.1, 0.15) is 5.82 Å². The molecule has 2 heterocycles. The van der Waals surface area contributed by atoms with Gasteiger partial charge in [-0.25, -0.2) is 4.98 Å². The Labute approximate surface area is 120 Å². The Hall–Kier alpha value is -2.89. The normalized spacial score (nSPS) is 12.2. The Balaban J connectivity index is 1.81. The summed E-state index contributed by atoms with van der Waals surface area (Å²) in [6, 6.07) is 10.2. The van der Waals surface area contributed by atoms with E-state index in [0.717, 1.165) is 11.0 Å². The minimum atomic E-state index is -0.311. The van der Waals surface area contributed by atoms with E-state index in [9.17, 15) is 9.59 Å². The monoisotopic (exact) mass is 282 g/mol. The number of nitrogens with one attached hydrogen (secondary N) is 3. The number of hydrogen-bond donors (Lipinski definition) is 3. The van der Waals surface area contributed by atoms with E-state index >= 15 is 0 Å². The van der Waals surface area contributed by atoms with E-state index in [0.29, 0.717) is 11.4 Å². The van der Waals surface area contributed by atoms with Crippen molar-refractivity contribution in [2.75, 3.05) is 0 Å². The van der Waals surface area contributed by atoms with Crippen molar-refractivity contribution in [3.63, 3.8) is 0 Å². The van der Waals surface area contributed by atoms with E-state index < -0.39 is 0 Å². The second-order valence-corrected chi connectivity index (χ2v) is 4.78. The molecule has 6 nitrogen and oxygen atoms in total. The van der Waals surface area contributed by atoms with Crippen molar-refractivity contribution < 1.29 is 4.79 Å². The van der Waals surface area contributed by atoms with E-state index in [-0.39, 0.29) is 17.5 Å². The average molecular weight is 282 g/mol. The van der Waals surface area contributed by atoms with Crippen LogP contribution in [0, 0.1) is 0 Å². The summed E-state index contributed by atoms with van der Waals surface area (Å²) in [6.45, 7) is 1.84. The van der Waals surface area contributed by atoms with Crippen molar-refractivity contribution >= 4 is 16.9 Å². The van der Waals surface area contributed by atoms with Crippen molar-refractivity contribution in [1.29, 1.82) is 0 Å². The van der Waals surface area contributed by atoms with Crippen LogP contribution in [0.4, 0.5) is 0 Å². The Morgan fingerprint density at radius 3 is 2.86 bits per heavy atom. The summed E-state index contributed by atoms with van der Waals surface area (Å²) in [7, 11) is 0. The smallest absolute Gasteiger partial charge is 0.252 e. The predicted molar refractivity (Wildman–Crippen MR) is 79.0 cm³/mol. The molecular weight excluding hydrogens is 268 g/mol. The van der Waals surface area contributed by atoms with Crippen LogP contribution in [0.5, 0.6) is 0 Å². The van der Waals surface area contributed by atoms with E-state index in [1.807, 2.05) is 31.2 Å². The number of pyridine rings is 1. The lowest BCUT2D eigenvalue weighted by Gasteiger charge is -2.11. The van der Waals surface area contributed by atoms with Crippen LogP contribution in [0.1, 0.15) is 29.1 Å². The quantitative estimate of drug-likeness (QED) is 0.683. The third-order valence-electron chi connectivity index (χ3n) is 3.20. The molecule has 3 aromatic rings. The molecule has 0 fully saturated rings. The number of rotatable bonds is 3. The molecule has 0 saturated heterocycles. The van der Waals surface area contributed by atoms with Crippen molar-refractivity contribution in [3.8, 4) is 0 Å². The maximum absolute atomic E-state index is 12.1. The topological polar surface area (TPSA) is 90.6 Å².